The van der Waals surface area contributed by atoms with Gasteiger partial charge in [-0.15, -0.1) is 0 Å². The number of aromatic nitrogens is 1. The summed E-state index contributed by atoms with van der Waals surface area (Å²) in [4.78, 5) is 4.40. The molecule has 0 saturated carbocycles. The predicted octanol–water partition coefficient (Wildman–Crippen LogP) is 7.67. The Bertz CT molecular complexity index is 1360. The van der Waals surface area contributed by atoms with Crippen LogP contribution in [0.3, 0.4) is 0 Å². The zero-order valence-corrected chi connectivity index (χ0v) is 19.4. The average molecular weight is 498 g/mol. The Morgan fingerprint density at radius 3 is 2.28 bits per heavy atom. The molecule has 0 bridgehead atoms. The molecule has 1 heterocycles. The van der Waals surface area contributed by atoms with Gasteiger partial charge in [-0.25, -0.2) is 8.78 Å². The summed E-state index contributed by atoms with van der Waals surface area (Å²) in [6.45, 7) is 4.03. The van der Waals surface area contributed by atoms with Gasteiger partial charge in [-0.1, -0.05) is 49.1 Å². The van der Waals surface area contributed by atoms with Crippen LogP contribution in [0.4, 0.5) is 22.0 Å². The minimum atomic E-state index is -4.74. The second kappa shape index (κ2) is 10.9. The quantitative estimate of drug-likeness (QED) is 0.175. The molecule has 0 amide bonds. The van der Waals surface area contributed by atoms with Crippen LogP contribution in [0.2, 0.25) is 0 Å². The first kappa shape index (κ1) is 25.4. The van der Waals surface area contributed by atoms with Gasteiger partial charge >= 0.3 is 6.18 Å². The second-order valence-corrected chi connectivity index (χ2v) is 8.49. The summed E-state index contributed by atoms with van der Waals surface area (Å²) in [5, 5.41) is 1.23. The van der Waals surface area contributed by atoms with Crippen LogP contribution in [0, 0.1) is 11.6 Å². The summed E-state index contributed by atoms with van der Waals surface area (Å²) in [5.74, 6) is -1.01. The number of fused-ring (bicyclic) bond motifs is 1. The van der Waals surface area contributed by atoms with Gasteiger partial charge in [0.15, 0.2) is 0 Å². The molecule has 4 rings (SSSR count). The number of aryl methyl sites for hydroxylation is 4. The minimum Gasteiger partial charge on any atom is -0.488 e. The monoisotopic (exact) mass is 497 g/mol. The van der Waals surface area contributed by atoms with Crippen LogP contribution < -0.4 is 4.74 Å². The van der Waals surface area contributed by atoms with E-state index >= 15 is 4.39 Å². The molecule has 0 atom stereocenters. The zero-order chi connectivity index (χ0) is 25.7. The third kappa shape index (κ3) is 6.08. The number of benzene rings is 3. The molecule has 0 aliphatic rings. The van der Waals surface area contributed by atoms with Gasteiger partial charge in [-0.3, -0.25) is 4.98 Å². The number of pyridine rings is 1. The van der Waals surface area contributed by atoms with Crippen LogP contribution in [0.5, 0.6) is 5.75 Å². The molecule has 4 aromatic rings. The normalized spacial score (nSPS) is 11.6. The molecule has 0 radical (unpaired) electrons. The summed E-state index contributed by atoms with van der Waals surface area (Å²) in [5.41, 5.74) is 1.47. The fourth-order valence-electron chi connectivity index (χ4n) is 4.03. The van der Waals surface area contributed by atoms with Crippen molar-refractivity contribution < 1.29 is 26.7 Å². The molecule has 0 unspecified atom stereocenters. The van der Waals surface area contributed by atoms with E-state index in [0.29, 0.717) is 28.9 Å². The molecule has 36 heavy (non-hydrogen) atoms. The summed E-state index contributed by atoms with van der Waals surface area (Å²) in [6, 6.07) is 15.6. The highest BCUT2D eigenvalue weighted by Crippen LogP contribution is 2.32. The molecule has 0 saturated heterocycles. The second-order valence-electron chi connectivity index (χ2n) is 8.49. The van der Waals surface area contributed by atoms with Gasteiger partial charge in [0.25, 0.3) is 0 Å². The number of nitrogens with zero attached hydrogens (tertiary/aromatic N) is 1. The summed E-state index contributed by atoms with van der Waals surface area (Å²) < 4.78 is 72.6. The Balaban J connectivity index is 1.41. The topological polar surface area (TPSA) is 22.1 Å². The van der Waals surface area contributed by atoms with E-state index in [1.54, 1.807) is 24.4 Å². The molecule has 0 fully saturated rings. The van der Waals surface area contributed by atoms with E-state index in [2.05, 4.69) is 11.6 Å². The van der Waals surface area contributed by atoms with E-state index in [1.165, 1.54) is 6.07 Å². The molecule has 7 heteroatoms. The first-order valence-corrected chi connectivity index (χ1v) is 11.5. The van der Waals surface area contributed by atoms with Crippen LogP contribution in [-0.4, -0.2) is 11.6 Å². The lowest BCUT2D eigenvalue weighted by Gasteiger charge is -2.11. The highest BCUT2D eigenvalue weighted by molar-refractivity contribution is 5.84. The summed E-state index contributed by atoms with van der Waals surface area (Å²) in [6.07, 6.45) is 0.519. The number of hydrogen-bond donors (Lipinski definition) is 0. The van der Waals surface area contributed by atoms with Gasteiger partial charge in [0.2, 0.25) is 0 Å². The van der Waals surface area contributed by atoms with Gasteiger partial charge in [0.05, 0.1) is 11.8 Å². The molecule has 0 aliphatic carbocycles. The van der Waals surface area contributed by atoms with E-state index in [9.17, 15) is 17.6 Å². The van der Waals surface area contributed by atoms with E-state index < -0.39 is 17.6 Å². The van der Waals surface area contributed by atoms with Crippen LogP contribution in [0.15, 0.2) is 79.5 Å². The van der Waals surface area contributed by atoms with Gasteiger partial charge in [-0.05, 0) is 72.0 Å². The van der Waals surface area contributed by atoms with Crippen LogP contribution >= 0.6 is 0 Å². The molecule has 0 spiro atoms. The van der Waals surface area contributed by atoms with Crippen molar-refractivity contribution in [1.82, 2.24) is 4.98 Å². The van der Waals surface area contributed by atoms with Crippen molar-refractivity contribution in [2.24, 2.45) is 0 Å². The van der Waals surface area contributed by atoms with E-state index in [0.717, 1.165) is 41.6 Å². The molecule has 1 aromatic heterocycles. The first-order chi connectivity index (χ1) is 17.2. The highest BCUT2D eigenvalue weighted by Gasteiger charge is 2.33. The van der Waals surface area contributed by atoms with Crippen molar-refractivity contribution in [3.05, 3.63) is 119 Å². The lowest BCUT2D eigenvalue weighted by molar-refractivity contribution is -0.140. The smallest absolute Gasteiger partial charge is 0.419 e. The maximum Gasteiger partial charge on any atom is 0.419 e. The van der Waals surface area contributed by atoms with E-state index in [-0.39, 0.29) is 18.7 Å². The van der Waals surface area contributed by atoms with Crippen molar-refractivity contribution in [3.8, 4) is 5.75 Å². The molecule has 186 valence electrons. The number of ether oxygens (including phenoxy) is 1. The van der Waals surface area contributed by atoms with Crippen molar-refractivity contribution >= 4 is 10.8 Å². The lowest BCUT2D eigenvalue weighted by atomic mass is 9.97. The van der Waals surface area contributed by atoms with E-state index in [1.807, 2.05) is 30.3 Å². The summed E-state index contributed by atoms with van der Waals surface area (Å²) >= 11 is 0. The third-order valence-electron chi connectivity index (χ3n) is 5.96. The van der Waals surface area contributed by atoms with Gasteiger partial charge in [0, 0.05) is 11.1 Å². The molecular formula is C29H24F5NO. The van der Waals surface area contributed by atoms with Crippen molar-refractivity contribution in [1.29, 1.82) is 0 Å². The van der Waals surface area contributed by atoms with Crippen LogP contribution in [-0.2, 0) is 31.9 Å². The lowest BCUT2D eigenvalue weighted by Crippen LogP contribution is -2.08. The molecule has 0 aliphatic heterocycles. The minimum absolute atomic E-state index is 0.222. The maximum absolute atomic E-state index is 15.1. The third-order valence-corrected chi connectivity index (χ3v) is 5.96. The van der Waals surface area contributed by atoms with Crippen molar-refractivity contribution in [3.63, 3.8) is 0 Å². The average Bonchev–Trinajstić information content (AvgIpc) is 2.85. The van der Waals surface area contributed by atoms with Crippen LogP contribution in [0.25, 0.3) is 10.8 Å². The fourth-order valence-corrected chi connectivity index (χ4v) is 4.03. The first-order valence-electron chi connectivity index (χ1n) is 11.5. The Labute approximate surface area is 206 Å². The Kier molecular flexibility index (Phi) is 7.67. The molecule has 0 N–H and O–H groups in total. The van der Waals surface area contributed by atoms with Crippen molar-refractivity contribution in [2.45, 2.75) is 31.9 Å². The Hall–Kier alpha value is -3.74. The predicted molar refractivity (Wildman–Crippen MR) is 130 cm³/mol. The zero-order valence-electron chi connectivity index (χ0n) is 19.4. The number of halogens is 5. The Morgan fingerprint density at radius 2 is 1.58 bits per heavy atom. The number of alkyl halides is 3. The van der Waals surface area contributed by atoms with Gasteiger partial charge in [-0.2, -0.15) is 13.2 Å². The van der Waals surface area contributed by atoms with Crippen LogP contribution in [0.1, 0.15) is 27.9 Å². The summed E-state index contributed by atoms with van der Waals surface area (Å²) in [7, 11) is 0. The Morgan fingerprint density at radius 1 is 0.833 bits per heavy atom. The largest absolute Gasteiger partial charge is 0.488 e. The maximum atomic E-state index is 15.1. The van der Waals surface area contributed by atoms with Gasteiger partial charge in [0.1, 0.15) is 24.0 Å². The number of hydrogen-bond acceptors (Lipinski definition) is 2. The van der Waals surface area contributed by atoms with Crippen molar-refractivity contribution in [2.75, 3.05) is 6.61 Å². The standard InChI is InChI=1S/C29H24F5NO/c1-2-15-36-24-12-11-23(35-18-24)10-4-19-5-13-25-22(16-19)9-8-21(28(25)31)7-3-20-6-14-26(27(30)17-20)29(32,33)34/h2,5-6,8-9,11-14,16-18H,1,3-4,7,10,15H2. The molecule has 2 nitrogen and oxygen atoms in total. The van der Waals surface area contributed by atoms with E-state index in [4.69, 9.17) is 4.74 Å². The SMILES string of the molecule is C=CCOc1ccc(CCc2ccc3c(F)c(CCc4ccc(C(F)(F)F)c(F)c4)ccc3c2)nc1. The molecular weight excluding hydrogens is 473 g/mol. The fraction of sp³-hybridized carbons (Fsp3) is 0.207. The highest BCUT2D eigenvalue weighted by atomic mass is 19.4. The molecule has 3 aromatic carbocycles. The van der Waals surface area contributed by atoms with Gasteiger partial charge < -0.3 is 4.74 Å². The number of rotatable bonds is 9.